The Morgan fingerprint density at radius 1 is 1.40 bits per heavy atom. The number of hydrogen-bond acceptors (Lipinski definition) is 3. The van der Waals surface area contributed by atoms with Gasteiger partial charge in [0, 0.05) is 11.6 Å². The molecule has 2 aromatic rings. The summed E-state index contributed by atoms with van der Waals surface area (Å²) >= 11 is 7.03. The zero-order valence-corrected chi connectivity index (χ0v) is 14.6. The van der Waals surface area contributed by atoms with Crippen LogP contribution in [0, 0.1) is 6.92 Å². The second-order valence-electron chi connectivity index (χ2n) is 4.57. The van der Waals surface area contributed by atoms with Gasteiger partial charge < -0.3 is 10.5 Å². The van der Waals surface area contributed by atoms with Gasteiger partial charge in [-0.25, -0.2) is 0 Å². The van der Waals surface area contributed by atoms with E-state index < -0.39 is 0 Å². The number of nitrogens with zero attached hydrogens (tertiary/aromatic N) is 2. The highest BCUT2D eigenvalue weighted by Gasteiger charge is 2.20. The van der Waals surface area contributed by atoms with Crippen LogP contribution in [0.5, 0.6) is 0 Å². The van der Waals surface area contributed by atoms with Crippen molar-refractivity contribution >= 4 is 31.9 Å². The number of hydrogen-bond donors (Lipinski definition) is 1. The second kappa shape index (κ2) is 6.85. The van der Waals surface area contributed by atoms with E-state index in [2.05, 4.69) is 56.0 Å². The molecule has 20 heavy (non-hydrogen) atoms. The summed E-state index contributed by atoms with van der Waals surface area (Å²) in [7, 11) is 1.68. The Kier molecular flexibility index (Phi) is 5.37. The molecule has 1 aromatic carbocycles. The average molecular weight is 403 g/mol. The summed E-state index contributed by atoms with van der Waals surface area (Å²) in [6, 6.07) is 5.90. The first-order chi connectivity index (χ1) is 9.54. The Labute approximate surface area is 135 Å². The van der Waals surface area contributed by atoms with E-state index in [9.17, 15) is 0 Å². The molecule has 0 fully saturated rings. The van der Waals surface area contributed by atoms with E-state index in [-0.39, 0.29) is 6.04 Å². The van der Waals surface area contributed by atoms with Crippen LogP contribution in [0.2, 0.25) is 0 Å². The molecule has 2 rings (SSSR count). The van der Waals surface area contributed by atoms with Gasteiger partial charge in [-0.2, -0.15) is 5.10 Å². The van der Waals surface area contributed by atoms with Crippen LogP contribution in [0.4, 0.5) is 0 Å². The summed E-state index contributed by atoms with van der Waals surface area (Å²) < 4.78 is 8.94. The van der Waals surface area contributed by atoms with Crippen molar-refractivity contribution in [3.8, 4) is 0 Å². The largest absolute Gasteiger partial charge is 0.383 e. The molecule has 0 saturated heterocycles. The maximum atomic E-state index is 6.45. The van der Waals surface area contributed by atoms with Crippen molar-refractivity contribution in [2.24, 2.45) is 5.73 Å². The molecular formula is C14H17Br2N3O. The van der Waals surface area contributed by atoms with Gasteiger partial charge in [0.15, 0.2) is 0 Å². The van der Waals surface area contributed by atoms with Crippen LogP contribution in [0.25, 0.3) is 0 Å². The van der Waals surface area contributed by atoms with Crippen LogP contribution < -0.4 is 5.73 Å². The summed E-state index contributed by atoms with van der Waals surface area (Å²) in [5.74, 6) is 0. The lowest BCUT2D eigenvalue weighted by Gasteiger charge is -2.18. The van der Waals surface area contributed by atoms with E-state index in [4.69, 9.17) is 10.5 Å². The summed E-state index contributed by atoms with van der Waals surface area (Å²) in [4.78, 5) is 0. The van der Waals surface area contributed by atoms with Crippen molar-refractivity contribution in [2.45, 2.75) is 19.5 Å². The highest BCUT2D eigenvalue weighted by molar-refractivity contribution is 9.10. The number of halogens is 2. The normalized spacial score (nSPS) is 12.7. The summed E-state index contributed by atoms with van der Waals surface area (Å²) in [5, 5.41) is 4.35. The van der Waals surface area contributed by atoms with Crippen LogP contribution >= 0.6 is 31.9 Å². The monoisotopic (exact) mass is 401 g/mol. The fourth-order valence-electron chi connectivity index (χ4n) is 2.13. The van der Waals surface area contributed by atoms with Crippen LogP contribution in [0.1, 0.15) is 22.9 Å². The van der Waals surface area contributed by atoms with Crippen LogP contribution in [-0.4, -0.2) is 23.5 Å². The van der Waals surface area contributed by atoms with Gasteiger partial charge in [0.1, 0.15) is 0 Å². The molecule has 0 aliphatic carbocycles. The molecule has 0 radical (unpaired) electrons. The van der Waals surface area contributed by atoms with Gasteiger partial charge in [0.05, 0.1) is 35.6 Å². The first-order valence-electron chi connectivity index (χ1n) is 6.26. The molecule has 0 aliphatic heterocycles. The number of methoxy groups -OCH3 is 1. The Hall–Kier alpha value is -0.690. The van der Waals surface area contributed by atoms with Crippen molar-refractivity contribution in [2.75, 3.05) is 13.7 Å². The van der Waals surface area contributed by atoms with Crippen molar-refractivity contribution in [3.63, 3.8) is 0 Å². The van der Waals surface area contributed by atoms with E-state index >= 15 is 0 Å². The molecule has 0 spiro atoms. The molecule has 4 nitrogen and oxygen atoms in total. The minimum atomic E-state index is -0.235. The standard InChI is InChI=1S/C14H17Br2N3O/c1-9-3-4-10(15)7-11(9)13(17)14-12(16)8-18-19(14)5-6-20-2/h3-4,7-8,13H,5-6,17H2,1-2H3. The first kappa shape index (κ1) is 15.7. The topological polar surface area (TPSA) is 53.1 Å². The van der Waals surface area contributed by atoms with Gasteiger partial charge in [0.25, 0.3) is 0 Å². The second-order valence-corrected chi connectivity index (χ2v) is 6.34. The fourth-order valence-corrected chi connectivity index (χ4v) is 3.05. The molecule has 0 amide bonds. The lowest BCUT2D eigenvalue weighted by Crippen LogP contribution is -2.20. The molecule has 6 heteroatoms. The molecule has 0 bridgehead atoms. The van der Waals surface area contributed by atoms with Gasteiger partial charge in [-0.15, -0.1) is 0 Å². The zero-order valence-electron chi connectivity index (χ0n) is 11.4. The van der Waals surface area contributed by atoms with Gasteiger partial charge in [0.2, 0.25) is 0 Å². The molecule has 0 saturated carbocycles. The number of benzene rings is 1. The van der Waals surface area contributed by atoms with Crippen molar-refractivity contribution in [1.82, 2.24) is 9.78 Å². The Morgan fingerprint density at radius 3 is 2.85 bits per heavy atom. The summed E-state index contributed by atoms with van der Waals surface area (Å²) in [6.07, 6.45) is 1.78. The Balaban J connectivity index is 2.39. The number of rotatable bonds is 5. The van der Waals surface area contributed by atoms with Crippen LogP contribution in [0.3, 0.4) is 0 Å². The van der Waals surface area contributed by atoms with E-state index in [1.54, 1.807) is 13.3 Å². The van der Waals surface area contributed by atoms with E-state index in [0.717, 1.165) is 25.8 Å². The third-order valence-electron chi connectivity index (χ3n) is 3.21. The smallest absolute Gasteiger partial charge is 0.0740 e. The lowest BCUT2D eigenvalue weighted by molar-refractivity contribution is 0.182. The first-order valence-corrected chi connectivity index (χ1v) is 7.85. The minimum Gasteiger partial charge on any atom is -0.383 e. The maximum absolute atomic E-state index is 6.45. The van der Waals surface area contributed by atoms with Gasteiger partial charge >= 0.3 is 0 Å². The number of nitrogens with two attached hydrogens (primary N) is 1. The lowest BCUT2D eigenvalue weighted by atomic mass is 9.99. The van der Waals surface area contributed by atoms with E-state index in [0.29, 0.717) is 13.2 Å². The molecule has 2 N–H and O–H groups in total. The number of aryl methyl sites for hydroxylation is 1. The number of ether oxygens (including phenoxy) is 1. The molecule has 0 aliphatic rings. The average Bonchev–Trinajstić information content (AvgIpc) is 2.79. The molecule has 1 heterocycles. The fraction of sp³-hybridized carbons (Fsp3) is 0.357. The van der Waals surface area contributed by atoms with E-state index in [1.165, 1.54) is 0 Å². The Morgan fingerprint density at radius 2 is 2.15 bits per heavy atom. The quantitative estimate of drug-likeness (QED) is 0.833. The predicted molar refractivity (Wildman–Crippen MR) is 86.7 cm³/mol. The summed E-state index contributed by atoms with van der Waals surface area (Å²) in [6.45, 7) is 3.34. The predicted octanol–water partition coefficient (Wildman–Crippen LogP) is 3.41. The van der Waals surface area contributed by atoms with Crippen LogP contribution in [-0.2, 0) is 11.3 Å². The van der Waals surface area contributed by atoms with Crippen molar-refractivity contribution in [3.05, 3.63) is 50.2 Å². The van der Waals surface area contributed by atoms with Gasteiger partial charge in [-0.3, -0.25) is 4.68 Å². The van der Waals surface area contributed by atoms with Gasteiger partial charge in [-0.1, -0.05) is 22.0 Å². The maximum Gasteiger partial charge on any atom is 0.0740 e. The highest BCUT2D eigenvalue weighted by atomic mass is 79.9. The molecule has 1 unspecified atom stereocenters. The molecular weight excluding hydrogens is 386 g/mol. The van der Waals surface area contributed by atoms with Crippen molar-refractivity contribution < 1.29 is 4.74 Å². The summed E-state index contributed by atoms with van der Waals surface area (Å²) in [5.41, 5.74) is 9.65. The van der Waals surface area contributed by atoms with Crippen LogP contribution in [0.15, 0.2) is 33.3 Å². The third-order valence-corrected chi connectivity index (χ3v) is 4.32. The molecule has 1 aromatic heterocycles. The number of aromatic nitrogens is 2. The van der Waals surface area contributed by atoms with E-state index in [1.807, 2.05) is 10.7 Å². The third kappa shape index (κ3) is 3.31. The SMILES string of the molecule is COCCn1ncc(Br)c1C(N)c1cc(Br)ccc1C. The molecule has 108 valence electrons. The van der Waals surface area contributed by atoms with Gasteiger partial charge in [-0.05, 0) is 46.1 Å². The minimum absolute atomic E-state index is 0.235. The Bertz CT molecular complexity index is 598. The molecule has 1 atom stereocenters. The van der Waals surface area contributed by atoms with Crippen molar-refractivity contribution in [1.29, 1.82) is 0 Å². The zero-order chi connectivity index (χ0) is 14.7. The highest BCUT2D eigenvalue weighted by Crippen LogP contribution is 2.30.